The Hall–Kier alpha value is -0.440. The van der Waals surface area contributed by atoms with Gasteiger partial charge in [0.15, 0.2) is 12.6 Å². The quantitative estimate of drug-likeness (QED) is 0.243. The van der Waals surface area contributed by atoms with Gasteiger partial charge >= 0.3 is 0 Å². The highest BCUT2D eigenvalue weighted by Gasteiger charge is 2.46. The fourth-order valence-electron chi connectivity index (χ4n) is 2.46. The van der Waals surface area contributed by atoms with Crippen molar-refractivity contribution >= 4 is 0 Å². The first-order valence-electron chi connectivity index (χ1n) is 7.07. The second-order valence-corrected chi connectivity index (χ2v) is 5.57. The van der Waals surface area contributed by atoms with E-state index in [9.17, 15) is 35.7 Å². The highest BCUT2D eigenvalue weighted by Crippen LogP contribution is 2.24. The Morgan fingerprint density at radius 1 is 0.652 bits per heavy atom. The number of hydrogen-bond acceptors (Lipinski definition) is 11. The molecule has 2 fully saturated rings. The Balaban J connectivity index is 1.94. The maximum absolute atomic E-state index is 9.78. The van der Waals surface area contributed by atoms with Crippen LogP contribution in [0.4, 0.5) is 0 Å². The molecule has 136 valence electrons. The number of hydrogen-bond donors (Lipinski definition) is 8. The van der Waals surface area contributed by atoms with Crippen molar-refractivity contribution in [3.63, 3.8) is 0 Å². The topological polar surface area (TPSA) is 190 Å². The van der Waals surface area contributed by atoms with Crippen molar-refractivity contribution in [3.8, 4) is 0 Å². The standard InChI is InChI=1S/C12H22O11/c13-1-3-5(14)8(17)10(19)12(23-3)21-2-4-6(15)7(16)9(18)11(20)22-4/h3-20H,1-2H2/t3-,4-,5+,6-,7+,8+,9-,10-,11?,12?/m1/s1. The minimum atomic E-state index is -1.74. The van der Waals surface area contributed by atoms with E-state index < -0.39 is 74.6 Å². The third kappa shape index (κ3) is 3.81. The van der Waals surface area contributed by atoms with Crippen molar-refractivity contribution in [2.45, 2.75) is 61.4 Å². The summed E-state index contributed by atoms with van der Waals surface area (Å²) in [6.07, 6.45) is -15.3. The fraction of sp³-hybridized carbons (Fsp3) is 1.00. The minimum absolute atomic E-state index is 0.468. The van der Waals surface area contributed by atoms with Crippen molar-refractivity contribution in [2.24, 2.45) is 0 Å². The van der Waals surface area contributed by atoms with Crippen LogP contribution in [-0.2, 0) is 14.2 Å². The van der Waals surface area contributed by atoms with Crippen LogP contribution in [0.5, 0.6) is 0 Å². The van der Waals surface area contributed by atoms with E-state index in [0.29, 0.717) is 0 Å². The summed E-state index contributed by atoms with van der Waals surface area (Å²) in [6, 6.07) is 0. The largest absolute Gasteiger partial charge is 0.394 e. The Morgan fingerprint density at radius 3 is 1.83 bits per heavy atom. The van der Waals surface area contributed by atoms with Crippen LogP contribution in [0.3, 0.4) is 0 Å². The summed E-state index contributed by atoms with van der Waals surface area (Å²) in [5, 5.41) is 76.1. The highest BCUT2D eigenvalue weighted by atomic mass is 16.7. The van der Waals surface area contributed by atoms with Gasteiger partial charge in [-0.2, -0.15) is 0 Å². The van der Waals surface area contributed by atoms with E-state index in [4.69, 9.17) is 19.3 Å². The molecule has 2 rings (SSSR count). The molecule has 0 aliphatic carbocycles. The first-order valence-corrected chi connectivity index (χ1v) is 7.07. The summed E-state index contributed by atoms with van der Waals surface area (Å²) in [7, 11) is 0. The van der Waals surface area contributed by atoms with Crippen LogP contribution >= 0.6 is 0 Å². The van der Waals surface area contributed by atoms with Gasteiger partial charge in [0, 0.05) is 0 Å². The van der Waals surface area contributed by atoms with E-state index >= 15 is 0 Å². The summed E-state index contributed by atoms with van der Waals surface area (Å²) in [5.41, 5.74) is 0. The normalized spacial score (nSPS) is 51.7. The Bertz CT molecular complexity index is 380. The third-order valence-electron chi connectivity index (χ3n) is 3.96. The second-order valence-electron chi connectivity index (χ2n) is 5.57. The van der Waals surface area contributed by atoms with E-state index in [1.165, 1.54) is 0 Å². The van der Waals surface area contributed by atoms with Gasteiger partial charge in [0.2, 0.25) is 0 Å². The van der Waals surface area contributed by atoms with Crippen LogP contribution in [-0.4, -0.2) is 115 Å². The molecule has 2 aliphatic heterocycles. The molecule has 2 saturated heterocycles. The van der Waals surface area contributed by atoms with E-state index in [-0.39, 0.29) is 0 Å². The maximum atomic E-state index is 9.78. The zero-order valence-electron chi connectivity index (χ0n) is 12.0. The van der Waals surface area contributed by atoms with E-state index in [0.717, 1.165) is 0 Å². The van der Waals surface area contributed by atoms with Crippen molar-refractivity contribution in [1.82, 2.24) is 0 Å². The molecule has 0 bridgehead atoms. The molecular formula is C12H22O11. The molecule has 11 heteroatoms. The lowest BCUT2D eigenvalue weighted by Crippen LogP contribution is -2.61. The van der Waals surface area contributed by atoms with Gasteiger partial charge in [0.1, 0.15) is 48.8 Å². The number of aliphatic hydroxyl groups is 8. The SMILES string of the molecule is OC[C@H]1OC(OC[C@H]2OC(O)[C@H](O)[C@@H](O)[C@@H]2O)[C@H](O)[C@@H](O)[C@H]1O. The zero-order chi connectivity index (χ0) is 17.3. The molecule has 0 radical (unpaired) electrons. The molecular weight excluding hydrogens is 320 g/mol. The first kappa shape index (κ1) is 18.9. The van der Waals surface area contributed by atoms with Crippen molar-refractivity contribution < 1.29 is 55.1 Å². The first-order chi connectivity index (χ1) is 10.8. The molecule has 2 aliphatic rings. The lowest BCUT2D eigenvalue weighted by molar-refractivity contribution is -0.325. The molecule has 8 N–H and O–H groups in total. The Morgan fingerprint density at radius 2 is 1.22 bits per heavy atom. The van der Waals surface area contributed by atoms with Gasteiger partial charge in [-0.25, -0.2) is 0 Å². The molecule has 0 aromatic rings. The maximum Gasteiger partial charge on any atom is 0.186 e. The van der Waals surface area contributed by atoms with Gasteiger partial charge in [0.05, 0.1) is 13.2 Å². The predicted molar refractivity (Wildman–Crippen MR) is 68.6 cm³/mol. The number of ether oxygens (including phenoxy) is 3. The Labute approximate surface area is 130 Å². The average Bonchev–Trinajstić information content (AvgIpc) is 2.54. The van der Waals surface area contributed by atoms with Crippen LogP contribution in [0, 0.1) is 0 Å². The van der Waals surface area contributed by atoms with E-state index in [1.54, 1.807) is 0 Å². The summed E-state index contributed by atoms with van der Waals surface area (Å²) >= 11 is 0. The molecule has 0 amide bonds. The molecule has 0 spiro atoms. The van der Waals surface area contributed by atoms with Crippen LogP contribution in [0.25, 0.3) is 0 Å². The molecule has 0 aromatic carbocycles. The van der Waals surface area contributed by atoms with Crippen LogP contribution in [0.1, 0.15) is 0 Å². The van der Waals surface area contributed by atoms with Crippen LogP contribution < -0.4 is 0 Å². The molecule has 0 aromatic heterocycles. The smallest absolute Gasteiger partial charge is 0.186 e. The number of aliphatic hydroxyl groups excluding tert-OH is 8. The monoisotopic (exact) mass is 342 g/mol. The van der Waals surface area contributed by atoms with Gasteiger partial charge < -0.3 is 55.1 Å². The molecule has 2 unspecified atom stereocenters. The summed E-state index contributed by atoms with van der Waals surface area (Å²) in [4.78, 5) is 0. The number of rotatable bonds is 4. The summed E-state index contributed by atoms with van der Waals surface area (Å²) in [5.74, 6) is 0. The minimum Gasteiger partial charge on any atom is -0.394 e. The molecule has 0 saturated carbocycles. The molecule has 2 heterocycles. The van der Waals surface area contributed by atoms with Gasteiger partial charge in [-0.05, 0) is 0 Å². The second kappa shape index (κ2) is 7.63. The summed E-state index contributed by atoms with van der Waals surface area (Å²) < 4.78 is 15.1. The fourth-order valence-corrected chi connectivity index (χ4v) is 2.46. The lowest BCUT2D eigenvalue weighted by atomic mass is 9.98. The average molecular weight is 342 g/mol. The molecule has 11 nitrogen and oxygen atoms in total. The molecule has 10 atom stereocenters. The van der Waals surface area contributed by atoms with Crippen molar-refractivity contribution in [3.05, 3.63) is 0 Å². The zero-order valence-corrected chi connectivity index (χ0v) is 12.0. The third-order valence-corrected chi connectivity index (χ3v) is 3.96. The van der Waals surface area contributed by atoms with Gasteiger partial charge in [-0.3, -0.25) is 0 Å². The van der Waals surface area contributed by atoms with Gasteiger partial charge in [-0.15, -0.1) is 0 Å². The van der Waals surface area contributed by atoms with Crippen LogP contribution in [0.15, 0.2) is 0 Å². The van der Waals surface area contributed by atoms with Crippen molar-refractivity contribution in [2.75, 3.05) is 13.2 Å². The van der Waals surface area contributed by atoms with Crippen LogP contribution in [0.2, 0.25) is 0 Å². The predicted octanol–water partition coefficient (Wildman–Crippen LogP) is -5.40. The highest BCUT2D eigenvalue weighted by molar-refractivity contribution is 4.91. The lowest BCUT2D eigenvalue weighted by Gasteiger charge is -2.41. The van der Waals surface area contributed by atoms with Crippen molar-refractivity contribution in [1.29, 1.82) is 0 Å². The van der Waals surface area contributed by atoms with E-state index in [1.807, 2.05) is 0 Å². The molecule has 23 heavy (non-hydrogen) atoms. The summed E-state index contributed by atoms with van der Waals surface area (Å²) in [6.45, 7) is -1.10. The van der Waals surface area contributed by atoms with Gasteiger partial charge in [-0.1, -0.05) is 0 Å². The Kier molecular flexibility index (Phi) is 6.27. The van der Waals surface area contributed by atoms with E-state index in [2.05, 4.69) is 0 Å². The van der Waals surface area contributed by atoms with Gasteiger partial charge in [0.25, 0.3) is 0 Å².